The van der Waals surface area contributed by atoms with Crippen molar-refractivity contribution in [1.82, 2.24) is 0 Å². The summed E-state index contributed by atoms with van der Waals surface area (Å²) in [4.78, 5) is 21.2. The van der Waals surface area contributed by atoms with Crippen molar-refractivity contribution >= 4 is 18.3 Å². The lowest BCUT2D eigenvalue weighted by Gasteiger charge is -2.04. The second-order valence-electron chi connectivity index (χ2n) is 3.70. The number of carbonyl (C=O) groups excluding carboxylic acids is 2. The van der Waals surface area contributed by atoms with Crippen molar-refractivity contribution in [1.29, 1.82) is 0 Å². The lowest BCUT2D eigenvalue weighted by molar-refractivity contribution is 0.111. The lowest BCUT2D eigenvalue weighted by Crippen LogP contribution is -1.93. The van der Waals surface area contributed by atoms with E-state index in [0.717, 1.165) is 23.7 Å². The highest BCUT2D eigenvalue weighted by molar-refractivity contribution is 5.86. The van der Waals surface area contributed by atoms with Gasteiger partial charge in [0.15, 0.2) is 6.29 Å². The van der Waals surface area contributed by atoms with Gasteiger partial charge in [-0.2, -0.15) is 0 Å². The minimum Gasteiger partial charge on any atom is -0.398 e. The highest BCUT2D eigenvalue weighted by atomic mass is 16.1. The van der Waals surface area contributed by atoms with Crippen LogP contribution in [0.25, 0.3) is 11.1 Å². The van der Waals surface area contributed by atoms with Gasteiger partial charge in [0, 0.05) is 16.8 Å². The quantitative estimate of drug-likeness (QED) is 0.645. The normalized spacial score (nSPS) is 9.88. The Kier molecular flexibility index (Phi) is 3.01. The van der Waals surface area contributed by atoms with Crippen molar-refractivity contribution in [2.75, 3.05) is 5.73 Å². The number of benzene rings is 2. The molecular formula is C14H11NO2. The van der Waals surface area contributed by atoms with Gasteiger partial charge in [-0.05, 0) is 23.3 Å². The van der Waals surface area contributed by atoms with E-state index in [1.54, 1.807) is 24.3 Å². The average Bonchev–Trinajstić information content (AvgIpc) is 2.39. The Labute approximate surface area is 98.9 Å². The Bertz CT molecular complexity index is 559. The molecular weight excluding hydrogens is 214 g/mol. The third-order valence-corrected chi connectivity index (χ3v) is 2.59. The highest BCUT2D eigenvalue weighted by Gasteiger charge is 2.02. The van der Waals surface area contributed by atoms with Crippen LogP contribution in [0.1, 0.15) is 20.7 Å². The standard InChI is InChI=1S/C14H11NO2/c15-14-7-12(5-6-13(14)9-17)11-3-1-10(8-16)2-4-11/h1-9H,15H2. The van der Waals surface area contributed by atoms with Gasteiger partial charge in [-0.15, -0.1) is 0 Å². The zero-order valence-corrected chi connectivity index (χ0v) is 9.09. The second kappa shape index (κ2) is 4.61. The van der Waals surface area contributed by atoms with Crippen molar-refractivity contribution in [3.8, 4) is 11.1 Å². The molecule has 0 aromatic heterocycles. The van der Waals surface area contributed by atoms with Crippen LogP contribution < -0.4 is 5.73 Å². The molecule has 2 aromatic carbocycles. The second-order valence-corrected chi connectivity index (χ2v) is 3.70. The van der Waals surface area contributed by atoms with Crippen LogP contribution in [-0.2, 0) is 0 Å². The number of hydrogen-bond donors (Lipinski definition) is 1. The van der Waals surface area contributed by atoms with E-state index in [1.165, 1.54) is 0 Å². The van der Waals surface area contributed by atoms with Gasteiger partial charge in [-0.25, -0.2) is 0 Å². The molecule has 2 aromatic rings. The summed E-state index contributed by atoms with van der Waals surface area (Å²) < 4.78 is 0. The molecule has 84 valence electrons. The third kappa shape index (κ3) is 2.23. The Morgan fingerprint density at radius 1 is 0.824 bits per heavy atom. The maximum absolute atomic E-state index is 10.6. The number of rotatable bonds is 3. The monoisotopic (exact) mass is 225 g/mol. The van der Waals surface area contributed by atoms with Gasteiger partial charge in [-0.1, -0.05) is 30.3 Å². The van der Waals surface area contributed by atoms with Crippen LogP contribution in [0.2, 0.25) is 0 Å². The molecule has 0 bridgehead atoms. The summed E-state index contributed by atoms with van der Waals surface area (Å²) in [5.41, 5.74) is 9.19. The third-order valence-electron chi connectivity index (χ3n) is 2.59. The average molecular weight is 225 g/mol. The van der Waals surface area contributed by atoms with E-state index in [1.807, 2.05) is 18.2 Å². The Morgan fingerprint density at radius 3 is 2.00 bits per heavy atom. The van der Waals surface area contributed by atoms with Gasteiger partial charge in [0.2, 0.25) is 0 Å². The topological polar surface area (TPSA) is 60.2 Å². The van der Waals surface area contributed by atoms with Crippen molar-refractivity contribution in [2.24, 2.45) is 0 Å². The van der Waals surface area contributed by atoms with E-state index in [9.17, 15) is 9.59 Å². The molecule has 3 heteroatoms. The molecule has 0 radical (unpaired) electrons. The molecule has 0 saturated heterocycles. The SMILES string of the molecule is Nc1cc(-c2ccc(C=O)cc2)ccc1C=O. The molecule has 2 rings (SSSR count). The fraction of sp³-hybridized carbons (Fsp3) is 0. The number of nitrogen functional groups attached to an aromatic ring is 1. The number of anilines is 1. The molecule has 0 atom stereocenters. The van der Waals surface area contributed by atoms with E-state index in [-0.39, 0.29) is 0 Å². The zero-order chi connectivity index (χ0) is 12.3. The van der Waals surface area contributed by atoms with Gasteiger partial charge in [-0.3, -0.25) is 9.59 Å². The van der Waals surface area contributed by atoms with Crippen LogP contribution in [0.3, 0.4) is 0 Å². The summed E-state index contributed by atoms with van der Waals surface area (Å²) >= 11 is 0. The van der Waals surface area contributed by atoms with Crippen LogP contribution in [0, 0.1) is 0 Å². The van der Waals surface area contributed by atoms with E-state index in [4.69, 9.17) is 5.73 Å². The van der Waals surface area contributed by atoms with Gasteiger partial charge in [0.05, 0.1) is 0 Å². The van der Waals surface area contributed by atoms with Crippen LogP contribution in [0.15, 0.2) is 42.5 Å². The summed E-state index contributed by atoms with van der Waals surface area (Å²) in [5.74, 6) is 0. The number of hydrogen-bond acceptors (Lipinski definition) is 3. The van der Waals surface area contributed by atoms with E-state index in [0.29, 0.717) is 16.8 Å². The van der Waals surface area contributed by atoms with Gasteiger partial charge in [0.1, 0.15) is 6.29 Å². The smallest absolute Gasteiger partial charge is 0.152 e. The molecule has 0 unspecified atom stereocenters. The van der Waals surface area contributed by atoms with E-state index in [2.05, 4.69) is 0 Å². The largest absolute Gasteiger partial charge is 0.398 e. The van der Waals surface area contributed by atoms with Crippen LogP contribution in [-0.4, -0.2) is 12.6 Å². The first-order valence-electron chi connectivity index (χ1n) is 5.15. The Balaban J connectivity index is 2.42. The van der Waals surface area contributed by atoms with Crippen molar-refractivity contribution in [2.45, 2.75) is 0 Å². The minimum atomic E-state index is 0.456. The molecule has 2 N–H and O–H groups in total. The fourth-order valence-corrected chi connectivity index (χ4v) is 1.62. The molecule has 0 amide bonds. The first kappa shape index (κ1) is 11.1. The van der Waals surface area contributed by atoms with Crippen molar-refractivity contribution in [3.63, 3.8) is 0 Å². The Hall–Kier alpha value is -2.42. The van der Waals surface area contributed by atoms with E-state index < -0.39 is 0 Å². The Morgan fingerprint density at radius 2 is 1.47 bits per heavy atom. The summed E-state index contributed by atoms with van der Waals surface area (Å²) in [6.07, 6.45) is 1.53. The molecule has 0 heterocycles. The number of nitrogens with two attached hydrogens (primary N) is 1. The maximum Gasteiger partial charge on any atom is 0.152 e. The zero-order valence-electron chi connectivity index (χ0n) is 9.09. The number of aldehydes is 2. The lowest BCUT2D eigenvalue weighted by atomic mass is 10.0. The molecule has 0 aliphatic carbocycles. The predicted octanol–water partition coefficient (Wildman–Crippen LogP) is 2.56. The molecule has 0 aliphatic rings. The van der Waals surface area contributed by atoms with Gasteiger partial charge >= 0.3 is 0 Å². The minimum absolute atomic E-state index is 0.456. The number of carbonyl (C=O) groups is 2. The van der Waals surface area contributed by atoms with Crippen molar-refractivity contribution < 1.29 is 9.59 Å². The van der Waals surface area contributed by atoms with Gasteiger partial charge < -0.3 is 5.73 Å². The van der Waals surface area contributed by atoms with Gasteiger partial charge in [0.25, 0.3) is 0 Å². The molecule has 0 fully saturated rings. The van der Waals surface area contributed by atoms with Crippen LogP contribution in [0.5, 0.6) is 0 Å². The molecule has 0 saturated carbocycles. The van der Waals surface area contributed by atoms with Crippen molar-refractivity contribution in [3.05, 3.63) is 53.6 Å². The van der Waals surface area contributed by atoms with E-state index >= 15 is 0 Å². The summed E-state index contributed by atoms with van der Waals surface area (Å²) in [6, 6.07) is 12.4. The summed E-state index contributed by atoms with van der Waals surface area (Å²) in [7, 11) is 0. The first-order chi connectivity index (χ1) is 8.24. The molecule has 3 nitrogen and oxygen atoms in total. The highest BCUT2D eigenvalue weighted by Crippen LogP contribution is 2.23. The molecule has 17 heavy (non-hydrogen) atoms. The molecule has 0 spiro atoms. The fourth-order valence-electron chi connectivity index (χ4n) is 1.62. The first-order valence-corrected chi connectivity index (χ1v) is 5.15. The molecule has 0 aliphatic heterocycles. The maximum atomic E-state index is 10.6. The summed E-state index contributed by atoms with van der Waals surface area (Å²) in [6.45, 7) is 0. The predicted molar refractivity (Wildman–Crippen MR) is 67.1 cm³/mol. The van der Waals surface area contributed by atoms with Crippen LogP contribution in [0.4, 0.5) is 5.69 Å². The van der Waals surface area contributed by atoms with Crippen LogP contribution >= 0.6 is 0 Å². The summed E-state index contributed by atoms with van der Waals surface area (Å²) in [5, 5.41) is 0.